The zero-order chi connectivity index (χ0) is 9.84. The highest BCUT2D eigenvalue weighted by molar-refractivity contribution is 9.10. The molecular formula is C10H12BrNS. The van der Waals surface area contributed by atoms with Crippen molar-refractivity contribution in [1.29, 1.82) is 0 Å². The van der Waals surface area contributed by atoms with Crippen molar-refractivity contribution in [3.63, 3.8) is 0 Å². The Kier molecular flexibility index (Phi) is 3.88. The van der Waals surface area contributed by atoms with Crippen LogP contribution < -0.4 is 5.73 Å². The largest absolute Gasteiger partial charge is 0.398 e. The number of nitrogen functional groups attached to an aromatic ring is 1. The van der Waals surface area contributed by atoms with Gasteiger partial charge in [-0.1, -0.05) is 6.08 Å². The second-order valence-corrected chi connectivity index (χ2v) is 4.66. The molecule has 0 amide bonds. The lowest BCUT2D eigenvalue weighted by molar-refractivity contribution is 1.33. The van der Waals surface area contributed by atoms with Gasteiger partial charge in [0, 0.05) is 20.8 Å². The molecule has 13 heavy (non-hydrogen) atoms. The summed E-state index contributed by atoms with van der Waals surface area (Å²) in [6.07, 6.45) is 1.89. The number of rotatable bonds is 3. The van der Waals surface area contributed by atoms with Gasteiger partial charge in [-0.25, -0.2) is 0 Å². The Morgan fingerprint density at radius 1 is 1.62 bits per heavy atom. The van der Waals surface area contributed by atoms with Crippen molar-refractivity contribution in [1.82, 2.24) is 0 Å². The number of aryl methyl sites for hydroxylation is 1. The molecule has 0 fully saturated rings. The third kappa shape index (κ3) is 2.78. The number of thioether (sulfide) groups is 1. The van der Waals surface area contributed by atoms with Gasteiger partial charge in [-0.3, -0.25) is 0 Å². The van der Waals surface area contributed by atoms with E-state index in [1.54, 1.807) is 11.8 Å². The molecule has 0 heterocycles. The monoisotopic (exact) mass is 257 g/mol. The highest BCUT2D eigenvalue weighted by Gasteiger charge is 2.02. The summed E-state index contributed by atoms with van der Waals surface area (Å²) in [7, 11) is 0. The summed E-state index contributed by atoms with van der Waals surface area (Å²) in [5.41, 5.74) is 7.71. The van der Waals surface area contributed by atoms with Crippen molar-refractivity contribution < 1.29 is 0 Å². The topological polar surface area (TPSA) is 26.0 Å². The van der Waals surface area contributed by atoms with Gasteiger partial charge in [0.2, 0.25) is 0 Å². The van der Waals surface area contributed by atoms with Crippen LogP contribution in [0.1, 0.15) is 5.56 Å². The first-order valence-electron chi connectivity index (χ1n) is 3.94. The Morgan fingerprint density at radius 2 is 2.31 bits per heavy atom. The highest BCUT2D eigenvalue weighted by Crippen LogP contribution is 2.31. The summed E-state index contributed by atoms with van der Waals surface area (Å²) in [6.45, 7) is 5.70. The number of benzene rings is 1. The molecule has 0 aromatic heterocycles. The fraction of sp³-hybridized carbons (Fsp3) is 0.200. The van der Waals surface area contributed by atoms with Crippen molar-refractivity contribution in [3.05, 3.63) is 34.8 Å². The molecule has 0 aliphatic heterocycles. The third-order valence-corrected chi connectivity index (χ3v) is 3.65. The van der Waals surface area contributed by atoms with Crippen LogP contribution in [0, 0.1) is 6.92 Å². The van der Waals surface area contributed by atoms with Gasteiger partial charge < -0.3 is 5.73 Å². The molecule has 0 saturated carbocycles. The third-order valence-electron chi connectivity index (χ3n) is 1.68. The Balaban J connectivity index is 2.94. The van der Waals surface area contributed by atoms with Crippen molar-refractivity contribution in [3.8, 4) is 0 Å². The van der Waals surface area contributed by atoms with Crippen LogP contribution in [0.2, 0.25) is 0 Å². The van der Waals surface area contributed by atoms with E-state index >= 15 is 0 Å². The van der Waals surface area contributed by atoms with Crippen LogP contribution in [0.25, 0.3) is 0 Å². The fourth-order valence-electron chi connectivity index (χ4n) is 0.930. The number of halogens is 1. The summed E-state index contributed by atoms with van der Waals surface area (Å²) in [4.78, 5) is 1.21. The Labute approximate surface area is 91.5 Å². The van der Waals surface area contributed by atoms with Gasteiger partial charge in [-0.2, -0.15) is 0 Å². The summed E-state index contributed by atoms with van der Waals surface area (Å²) >= 11 is 5.23. The predicted molar refractivity (Wildman–Crippen MR) is 64.2 cm³/mol. The molecular weight excluding hydrogens is 246 g/mol. The lowest BCUT2D eigenvalue weighted by Crippen LogP contribution is -1.90. The summed E-state index contributed by atoms with van der Waals surface area (Å²) in [5, 5.41) is 0. The van der Waals surface area contributed by atoms with Gasteiger partial charge in [0.05, 0.1) is 0 Å². The van der Waals surface area contributed by atoms with E-state index in [-0.39, 0.29) is 0 Å². The zero-order valence-corrected chi connectivity index (χ0v) is 9.91. The van der Waals surface area contributed by atoms with E-state index in [4.69, 9.17) is 5.73 Å². The first-order chi connectivity index (χ1) is 6.15. The Hall–Kier alpha value is -0.410. The standard InChI is InChI=1S/C10H12BrNS/c1-3-4-13-10-5-7(2)9(12)6-8(10)11/h3,5-6H,1,4,12H2,2H3. The van der Waals surface area contributed by atoms with Crippen molar-refractivity contribution >= 4 is 33.4 Å². The predicted octanol–water partition coefficient (Wildman–Crippen LogP) is 3.62. The second-order valence-electron chi connectivity index (χ2n) is 2.74. The molecule has 1 aromatic carbocycles. The summed E-state index contributed by atoms with van der Waals surface area (Å²) in [5.74, 6) is 0.919. The van der Waals surface area contributed by atoms with Gasteiger partial charge in [-0.05, 0) is 40.5 Å². The van der Waals surface area contributed by atoms with Gasteiger partial charge in [0.15, 0.2) is 0 Å². The average molecular weight is 258 g/mol. The Bertz CT molecular complexity index is 323. The molecule has 0 radical (unpaired) electrons. The molecule has 0 bridgehead atoms. The molecule has 3 heteroatoms. The van der Waals surface area contributed by atoms with Gasteiger partial charge in [0.1, 0.15) is 0 Å². The number of hydrogen-bond donors (Lipinski definition) is 1. The van der Waals surface area contributed by atoms with Crippen molar-refractivity contribution in [2.45, 2.75) is 11.8 Å². The van der Waals surface area contributed by atoms with E-state index in [1.165, 1.54) is 4.90 Å². The minimum absolute atomic E-state index is 0.829. The quantitative estimate of drug-likeness (QED) is 0.509. The molecule has 2 N–H and O–H groups in total. The minimum Gasteiger partial charge on any atom is -0.398 e. The molecule has 1 aromatic rings. The van der Waals surface area contributed by atoms with Gasteiger partial charge in [0.25, 0.3) is 0 Å². The molecule has 1 rings (SSSR count). The summed E-state index contributed by atoms with van der Waals surface area (Å²) < 4.78 is 1.06. The van der Waals surface area contributed by atoms with Crippen LogP contribution in [0.15, 0.2) is 34.2 Å². The van der Waals surface area contributed by atoms with E-state index in [2.05, 4.69) is 28.6 Å². The van der Waals surface area contributed by atoms with Gasteiger partial charge in [-0.15, -0.1) is 18.3 Å². The maximum absolute atomic E-state index is 5.76. The van der Waals surface area contributed by atoms with Gasteiger partial charge >= 0.3 is 0 Å². The SMILES string of the molecule is C=CCSc1cc(C)c(N)cc1Br. The fourth-order valence-corrected chi connectivity index (χ4v) is 2.39. The Morgan fingerprint density at radius 3 is 2.92 bits per heavy atom. The summed E-state index contributed by atoms with van der Waals surface area (Å²) in [6, 6.07) is 4.04. The molecule has 1 nitrogen and oxygen atoms in total. The van der Waals surface area contributed by atoms with Crippen LogP contribution in [-0.2, 0) is 0 Å². The van der Waals surface area contributed by atoms with E-state index in [0.29, 0.717) is 0 Å². The van der Waals surface area contributed by atoms with Crippen LogP contribution in [-0.4, -0.2) is 5.75 Å². The first-order valence-corrected chi connectivity index (χ1v) is 5.72. The van der Waals surface area contributed by atoms with Crippen LogP contribution in [0.5, 0.6) is 0 Å². The molecule has 0 saturated heterocycles. The van der Waals surface area contributed by atoms with Crippen molar-refractivity contribution in [2.24, 2.45) is 0 Å². The normalized spacial score (nSPS) is 10.0. The number of hydrogen-bond acceptors (Lipinski definition) is 2. The van der Waals surface area contributed by atoms with Crippen molar-refractivity contribution in [2.75, 3.05) is 11.5 Å². The number of nitrogens with two attached hydrogens (primary N) is 1. The van der Waals surface area contributed by atoms with E-state index in [1.807, 2.05) is 19.1 Å². The highest BCUT2D eigenvalue weighted by atomic mass is 79.9. The first kappa shape index (κ1) is 10.7. The van der Waals surface area contributed by atoms with Crippen LogP contribution in [0.3, 0.4) is 0 Å². The molecule has 70 valence electrons. The lowest BCUT2D eigenvalue weighted by Gasteiger charge is -2.06. The van der Waals surface area contributed by atoms with E-state index < -0.39 is 0 Å². The van der Waals surface area contributed by atoms with Crippen LogP contribution in [0.4, 0.5) is 5.69 Å². The zero-order valence-electron chi connectivity index (χ0n) is 7.51. The lowest BCUT2D eigenvalue weighted by atomic mass is 10.2. The maximum Gasteiger partial charge on any atom is 0.0355 e. The van der Waals surface area contributed by atoms with E-state index in [9.17, 15) is 0 Å². The molecule has 0 spiro atoms. The minimum atomic E-state index is 0.829. The average Bonchev–Trinajstić information content (AvgIpc) is 2.09. The molecule has 0 unspecified atom stereocenters. The van der Waals surface area contributed by atoms with E-state index in [0.717, 1.165) is 21.5 Å². The number of anilines is 1. The molecule has 0 aliphatic rings. The smallest absolute Gasteiger partial charge is 0.0355 e. The molecule has 0 atom stereocenters. The maximum atomic E-state index is 5.76. The van der Waals surface area contributed by atoms with Crippen LogP contribution >= 0.6 is 27.7 Å². The molecule has 0 aliphatic carbocycles. The second kappa shape index (κ2) is 4.72.